The first-order chi connectivity index (χ1) is 13.9. The van der Waals surface area contributed by atoms with E-state index >= 15 is 0 Å². The molecule has 4 rings (SSSR count). The Labute approximate surface area is 164 Å². The highest BCUT2D eigenvalue weighted by molar-refractivity contribution is 5.92. The minimum absolute atomic E-state index is 0.107. The SMILES string of the molecule is O=C(CNCC1CCC(c2nnn3cnc4[nH]ccc4c23)CC1)NCC(F)(F)F. The maximum atomic E-state index is 12.1. The Morgan fingerprint density at radius 3 is 2.83 bits per heavy atom. The number of hydrogen-bond acceptors (Lipinski definition) is 5. The van der Waals surface area contributed by atoms with Gasteiger partial charge in [-0.15, -0.1) is 5.10 Å². The summed E-state index contributed by atoms with van der Waals surface area (Å²) in [6.07, 6.45) is 2.95. The summed E-state index contributed by atoms with van der Waals surface area (Å²) >= 11 is 0. The number of carbonyl (C=O) groups is 1. The number of alkyl halides is 3. The topological polar surface area (TPSA) is 100 Å². The molecule has 0 bridgehead atoms. The van der Waals surface area contributed by atoms with E-state index < -0.39 is 18.6 Å². The number of rotatable bonds is 6. The van der Waals surface area contributed by atoms with Gasteiger partial charge >= 0.3 is 6.18 Å². The van der Waals surface area contributed by atoms with Gasteiger partial charge in [0.25, 0.3) is 0 Å². The van der Waals surface area contributed by atoms with Gasteiger partial charge in [0, 0.05) is 17.5 Å². The van der Waals surface area contributed by atoms with Gasteiger partial charge in [-0.2, -0.15) is 13.2 Å². The molecule has 0 aliphatic heterocycles. The zero-order valence-electron chi connectivity index (χ0n) is 15.7. The van der Waals surface area contributed by atoms with E-state index in [2.05, 4.69) is 25.6 Å². The van der Waals surface area contributed by atoms with Crippen LogP contribution < -0.4 is 10.6 Å². The van der Waals surface area contributed by atoms with Crippen molar-refractivity contribution in [2.75, 3.05) is 19.6 Å². The molecule has 1 aliphatic rings. The molecule has 1 amide bonds. The van der Waals surface area contributed by atoms with Crippen LogP contribution >= 0.6 is 0 Å². The molecule has 3 aromatic heterocycles. The fourth-order valence-electron chi connectivity index (χ4n) is 3.99. The van der Waals surface area contributed by atoms with Crippen LogP contribution in [0.4, 0.5) is 13.2 Å². The predicted octanol–water partition coefficient (Wildman–Crippen LogP) is 2.15. The van der Waals surface area contributed by atoms with Crippen molar-refractivity contribution in [2.45, 2.75) is 37.8 Å². The summed E-state index contributed by atoms with van der Waals surface area (Å²) in [5, 5.41) is 14.4. The van der Waals surface area contributed by atoms with Crippen LogP contribution in [0.5, 0.6) is 0 Å². The number of carbonyl (C=O) groups excluding carboxylic acids is 1. The van der Waals surface area contributed by atoms with Crippen molar-refractivity contribution in [1.29, 1.82) is 0 Å². The van der Waals surface area contributed by atoms with Gasteiger partial charge in [0.05, 0.1) is 12.2 Å². The molecule has 0 aromatic carbocycles. The van der Waals surface area contributed by atoms with Gasteiger partial charge in [0.1, 0.15) is 24.0 Å². The second-order valence-electron chi connectivity index (χ2n) is 7.49. The number of aromatic amines is 1. The van der Waals surface area contributed by atoms with Gasteiger partial charge in [-0.25, -0.2) is 9.50 Å². The van der Waals surface area contributed by atoms with E-state index in [4.69, 9.17) is 0 Å². The van der Waals surface area contributed by atoms with Crippen LogP contribution in [0.1, 0.15) is 37.3 Å². The molecule has 8 nitrogen and oxygen atoms in total. The Morgan fingerprint density at radius 1 is 1.28 bits per heavy atom. The number of hydrogen-bond donors (Lipinski definition) is 3. The Morgan fingerprint density at radius 2 is 2.07 bits per heavy atom. The molecule has 156 valence electrons. The van der Waals surface area contributed by atoms with E-state index in [0.29, 0.717) is 18.4 Å². The summed E-state index contributed by atoms with van der Waals surface area (Å²) in [6, 6.07) is 1.98. The average molecular weight is 409 g/mol. The van der Waals surface area contributed by atoms with Crippen LogP contribution in [0.15, 0.2) is 18.6 Å². The predicted molar refractivity (Wildman–Crippen MR) is 99.3 cm³/mol. The zero-order chi connectivity index (χ0) is 20.4. The van der Waals surface area contributed by atoms with E-state index in [0.717, 1.165) is 47.9 Å². The number of fused-ring (bicyclic) bond motifs is 3. The second kappa shape index (κ2) is 7.97. The van der Waals surface area contributed by atoms with Gasteiger partial charge in [0.15, 0.2) is 0 Å². The second-order valence-corrected chi connectivity index (χ2v) is 7.49. The van der Waals surface area contributed by atoms with E-state index in [1.54, 1.807) is 10.8 Å². The van der Waals surface area contributed by atoms with Gasteiger partial charge < -0.3 is 15.6 Å². The Hall–Kier alpha value is -2.69. The van der Waals surface area contributed by atoms with Crippen molar-refractivity contribution in [2.24, 2.45) is 5.92 Å². The number of H-pyrrole nitrogens is 1. The highest BCUT2D eigenvalue weighted by atomic mass is 19.4. The monoisotopic (exact) mass is 409 g/mol. The normalized spacial score (nSPS) is 20.4. The van der Waals surface area contributed by atoms with Gasteiger partial charge in [-0.1, -0.05) is 5.21 Å². The van der Waals surface area contributed by atoms with Crippen molar-refractivity contribution in [3.05, 3.63) is 24.3 Å². The molecule has 1 fully saturated rings. The lowest BCUT2D eigenvalue weighted by atomic mass is 9.80. The summed E-state index contributed by atoms with van der Waals surface area (Å²) in [7, 11) is 0. The summed E-state index contributed by atoms with van der Waals surface area (Å²) in [4.78, 5) is 18.9. The third-order valence-electron chi connectivity index (χ3n) is 5.44. The summed E-state index contributed by atoms with van der Waals surface area (Å²) in [6.45, 7) is -0.792. The molecule has 0 radical (unpaired) electrons. The summed E-state index contributed by atoms with van der Waals surface area (Å²) in [5.74, 6) is 0.0486. The average Bonchev–Trinajstić information content (AvgIpc) is 3.32. The van der Waals surface area contributed by atoms with Crippen LogP contribution in [-0.4, -0.2) is 56.5 Å². The first-order valence-corrected chi connectivity index (χ1v) is 9.62. The Bertz CT molecular complexity index is 988. The van der Waals surface area contributed by atoms with Crippen molar-refractivity contribution in [3.8, 4) is 0 Å². The number of nitrogens with zero attached hydrogens (tertiary/aromatic N) is 4. The van der Waals surface area contributed by atoms with Crippen molar-refractivity contribution in [1.82, 2.24) is 35.4 Å². The fraction of sp³-hybridized carbons (Fsp3) is 0.556. The standard InChI is InChI=1S/C18H22F3N7O/c19-18(20,21)9-24-14(29)8-22-7-11-1-3-12(4-2-11)15-16-13-5-6-23-17(13)25-10-28(16)27-26-15/h5-6,10-12,22-23H,1-4,7-9H2,(H,24,29). The fourth-order valence-corrected chi connectivity index (χ4v) is 3.99. The molecule has 3 heterocycles. The molecule has 0 atom stereocenters. The highest BCUT2D eigenvalue weighted by Gasteiger charge is 2.28. The molecule has 11 heteroatoms. The van der Waals surface area contributed by atoms with Crippen LogP contribution in [-0.2, 0) is 4.79 Å². The molecule has 29 heavy (non-hydrogen) atoms. The third-order valence-corrected chi connectivity index (χ3v) is 5.44. The lowest BCUT2D eigenvalue weighted by Crippen LogP contribution is -2.40. The molecule has 1 aliphatic carbocycles. The Balaban J connectivity index is 1.29. The number of nitrogens with one attached hydrogen (secondary N) is 3. The molecule has 0 spiro atoms. The molecular weight excluding hydrogens is 387 g/mol. The molecule has 0 saturated heterocycles. The summed E-state index contributed by atoms with van der Waals surface area (Å²) < 4.78 is 38.0. The molecule has 3 aromatic rings. The van der Waals surface area contributed by atoms with Gasteiger partial charge in [-0.3, -0.25) is 4.79 Å². The van der Waals surface area contributed by atoms with Crippen LogP contribution in [0, 0.1) is 5.92 Å². The minimum Gasteiger partial charge on any atom is -0.346 e. The van der Waals surface area contributed by atoms with Crippen molar-refractivity contribution in [3.63, 3.8) is 0 Å². The van der Waals surface area contributed by atoms with Crippen LogP contribution in [0.3, 0.4) is 0 Å². The molecule has 3 N–H and O–H groups in total. The maximum absolute atomic E-state index is 12.1. The molecule has 0 unspecified atom stereocenters. The minimum atomic E-state index is -4.39. The number of amides is 1. The largest absolute Gasteiger partial charge is 0.405 e. The van der Waals surface area contributed by atoms with Gasteiger partial charge in [0.2, 0.25) is 5.91 Å². The van der Waals surface area contributed by atoms with E-state index in [9.17, 15) is 18.0 Å². The maximum Gasteiger partial charge on any atom is 0.405 e. The van der Waals surface area contributed by atoms with Crippen molar-refractivity contribution >= 4 is 22.5 Å². The smallest absolute Gasteiger partial charge is 0.346 e. The molecule has 1 saturated carbocycles. The summed E-state index contributed by atoms with van der Waals surface area (Å²) in [5.41, 5.74) is 2.77. The van der Waals surface area contributed by atoms with E-state index in [1.165, 1.54) is 0 Å². The zero-order valence-corrected chi connectivity index (χ0v) is 15.7. The lowest BCUT2D eigenvalue weighted by Gasteiger charge is -2.27. The molecular formula is C18H22F3N7O. The van der Waals surface area contributed by atoms with Crippen LogP contribution in [0.2, 0.25) is 0 Å². The first kappa shape index (κ1) is 19.6. The quantitative estimate of drug-likeness (QED) is 0.579. The lowest BCUT2D eigenvalue weighted by molar-refractivity contribution is -0.137. The Kier molecular flexibility index (Phi) is 5.39. The number of aromatic nitrogens is 5. The van der Waals surface area contributed by atoms with E-state index in [1.807, 2.05) is 17.6 Å². The third kappa shape index (κ3) is 4.50. The first-order valence-electron chi connectivity index (χ1n) is 9.62. The van der Waals surface area contributed by atoms with Crippen LogP contribution in [0.25, 0.3) is 16.6 Å². The highest BCUT2D eigenvalue weighted by Crippen LogP contribution is 2.37. The van der Waals surface area contributed by atoms with Gasteiger partial charge in [-0.05, 0) is 44.2 Å². The van der Waals surface area contributed by atoms with E-state index in [-0.39, 0.29) is 6.54 Å². The number of halogens is 3. The van der Waals surface area contributed by atoms with Crippen molar-refractivity contribution < 1.29 is 18.0 Å².